The van der Waals surface area contributed by atoms with Gasteiger partial charge in [0.15, 0.2) is 0 Å². The Morgan fingerprint density at radius 3 is 2.50 bits per heavy atom. The van der Waals surface area contributed by atoms with Crippen LogP contribution in [0.1, 0.15) is 58.3 Å². The van der Waals surface area contributed by atoms with Gasteiger partial charge in [0.25, 0.3) is 0 Å². The summed E-state index contributed by atoms with van der Waals surface area (Å²) in [5, 5.41) is 3.42. The Balaban J connectivity index is 1.87. The summed E-state index contributed by atoms with van der Waals surface area (Å²) in [6.07, 6.45) is 9.63. The third-order valence-electron chi connectivity index (χ3n) is 4.74. The number of carbonyl (C=O) groups is 1. The van der Waals surface area contributed by atoms with Crippen LogP contribution < -0.4 is 5.32 Å². The number of rotatable bonds is 2. The van der Waals surface area contributed by atoms with E-state index in [2.05, 4.69) is 12.2 Å². The van der Waals surface area contributed by atoms with E-state index < -0.39 is 0 Å². The van der Waals surface area contributed by atoms with E-state index in [1.54, 1.807) is 0 Å². The van der Waals surface area contributed by atoms with Crippen molar-refractivity contribution in [3.8, 4) is 0 Å². The smallest absolute Gasteiger partial charge is 0.239 e. The maximum absolute atomic E-state index is 12.5. The molecule has 0 bridgehead atoms. The molecule has 1 saturated heterocycles. The molecule has 0 aromatic rings. The van der Waals surface area contributed by atoms with Gasteiger partial charge < -0.3 is 10.2 Å². The number of hydrogen-bond donors (Lipinski definition) is 1. The first-order valence-electron chi connectivity index (χ1n) is 7.68. The summed E-state index contributed by atoms with van der Waals surface area (Å²) in [6.45, 7) is 3.33. The topological polar surface area (TPSA) is 32.3 Å². The van der Waals surface area contributed by atoms with Crippen LogP contribution in [0.25, 0.3) is 0 Å². The molecule has 0 radical (unpaired) electrons. The largest absolute Gasteiger partial charge is 0.341 e. The number of hydrogen-bond acceptors (Lipinski definition) is 2. The summed E-state index contributed by atoms with van der Waals surface area (Å²) in [5.41, 5.74) is 0. The molecule has 1 atom stereocenters. The van der Waals surface area contributed by atoms with E-state index in [0.29, 0.717) is 11.9 Å². The fraction of sp³-hybridized carbons (Fsp3) is 0.933. The van der Waals surface area contributed by atoms with Crippen LogP contribution in [0.4, 0.5) is 0 Å². The zero-order chi connectivity index (χ0) is 13.0. The van der Waals surface area contributed by atoms with Crippen LogP contribution in [0.15, 0.2) is 0 Å². The maximum atomic E-state index is 12.5. The van der Waals surface area contributed by atoms with E-state index in [1.165, 1.54) is 44.9 Å². The summed E-state index contributed by atoms with van der Waals surface area (Å²) in [6, 6.07) is 0.565. The van der Waals surface area contributed by atoms with Gasteiger partial charge in [-0.25, -0.2) is 0 Å². The van der Waals surface area contributed by atoms with Gasteiger partial charge in [0.05, 0.1) is 6.04 Å². The predicted octanol–water partition coefficient (Wildman–Crippen LogP) is 2.56. The number of likely N-dealkylation sites (N-methyl/N-ethyl adjacent to an activating group) is 1. The summed E-state index contributed by atoms with van der Waals surface area (Å²) in [7, 11) is 2.01. The highest BCUT2D eigenvalue weighted by atomic mass is 16.2. The molecule has 1 aliphatic carbocycles. The van der Waals surface area contributed by atoms with Gasteiger partial charge in [-0.1, -0.05) is 19.8 Å². The van der Waals surface area contributed by atoms with Gasteiger partial charge in [0, 0.05) is 13.1 Å². The van der Waals surface area contributed by atoms with Crippen LogP contribution in [0.2, 0.25) is 0 Å². The molecule has 1 unspecified atom stereocenters. The predicted molar refractivity (Wildman–Crippen MR) is 74.4 cm³/mol. The minimum absolute atomic E-state index is 0.0804. The number of nitrogens with zero attached hydrogens (tertiary/aromatic N) is 1. The van der Waals surface area contributed by atoms with Crippen LogP contribution in [0, 0.1) is 5.92 Å². The van der Waals surface area contributed by atoms with Crippen molar-refractivity contribution in [2.45, 2.75) is 70.4 Å². The van der Waals surface area contributed by atoms with E-state index in [1.807, 2.05) is 11.9 Å². The van der Waals surface area contributed by atoms with Crippen molar-refractivity contribution in [3.63, 3.8) is 0 Å². The lowest BCUT2D eigenvalue weighted by molar-refractivity contribution is -0.135. The van der Waals surface area contributed by atoms with E-state index in [4.69, 9.17) is 0 Å². The first-order valence-corrected chi connectivity index (χ1v) is 7.68. The zero-order valence-electron chi connectivity index (χ0n) is 12.0. The highest BCUT2D eigenvalue weighted by Crippen LogP contribution is 2.27. The Morgan fingerprint density at radius 1 is 1.06 bits per heavy atom. The Bertz CT molecular complexity index is 264. The summed E-state index contributed by atoms with van der Waals surface area (Å²) < 4.78 is 0. The van der Waals surface area contributed by atoms with Gasteiger partial charge >= 0.3 is 0 Å². The van der Waals surface area contributed by atoms with Crippen molar-refractivity contribution in [3.05, 3.63) is 0 Å². The van der Waals surface area contributed by atoms with Crippen molar-refractivity contribution in [1.82, 2.24) is 10.2 Å². The lowest BCUT2D eigenvalue weighted by atomic mass is 9.86. The molecule has 2 aliphatic rings. The first kappa shape index (κ1) is 13.9. The normalized spacial score (nSPS) is 33.8. The molecule has 1 heterocycles. The summed E-state index contributed by atoms with van der Waals surface area (Å²) >= 11 is 0. The Hall–Kier alpha value is -0.570. The molecule has 3 heteroatoms. The van der Waals surface area contributed by atoms with E-state index in [-0.39, 0.29) is 6.04 Å². The number of carbonyl (C=O) groups excluding carboxylic acids is 1. The lowest BCUT2D eigenvalue weighted by Crippen LogP contribution is -2.49. The summed E-state index contributed by atoms with van der Waals surface area (Å²) in [5.74, 6) is 1.18. The SMILES string of the molecule is CC1CCC(N(C)C(=O)C2CCCCCN2)CC1. The van der Waals surface area contributed by atoms with Gasteiger partial charge in [-0.2, -0.15) is 0 Å². The van der Waals surface area contributed by atoms with E-state index in [9.17, 15) is 4.79 Å². The second-order valence-corrected chi connectivity index (χ2v) is 6.22. The minimum Gasteiger partial charge on any atom is -0.341 e. The molecule has 0 aromatic heterocycles. The molecule has 18 heavy (non-hydrogen) atoms. The number of nitrogens with one attached hydrogen (secondary N) is 1. The Kier molecular flexibility index (Phi) is 5.04. The van der Waals surface area contributed by atoms with Gasteiger partial charge in [-0.05, 0) is 51.0 Å². The lowest BCUT2D eigenvalue weighted by Gasteiger charge is -2.35. The molecular weight excluding hydrogens is 224 g/mol. The van der Waals surface area contributed by atoms with Crippen LogP contribution >= 0.6 is 0 Å². The second-order valence-electron chi connectivity index (χ2n) is 6.22. The molecule has 0 spiro atoms. The van der Waals surface area contributed by atoms with Gasteiger partial charge in [0.1, 0.15) is 0 Å². The van der Waals surface area contributed by atoms with Gasteiger partial charge in [0.2, 0.25) is 5.91 Å². The molecule has 1 N–H and O–H groups in total. The average molecular weight is 252 g/mol. The quantitative estimate of drug-likeness (QED) is 0.819. The van der Waals surface area contributed by atoms with Gasteiger partial charge in [-0.3, -0.25) is 4.79 Å². The van der Waals surface area contributed by atoms with Crippen molar-refractivity contribution in [2.24, 2.45) is 5.92 Å². The minimum atomic E-state index is 0.0804. The molecule has 1 amide bonds. The standard InChI is InChI=1S/C15H28N2O/c1-12-7-9-13(10-8-12)17(2)15(18)14-6-4-3-5-11-16-14/h12-14,16H,3-11H2,1-2H3. The fourth-order valence-electron chi connectivity index (χ4n) is 3.29. The Morgan fingerprint density at radius 2 is 1.78 bits per heavy atom. The van der Waals surface area contributed by atoms with Crippen molar-refractivity contribution < 1.29 is 4.79 Å². The molecule has 1 aliphatic heterocycles. The second kappa shape index (κ2) is 6.55. The molecule has 0 aromatic carbocycles. The third-order valence-corrected chi connectivity index (χ3v) is 4.74. The van der Waals surface area contributed by atoms with Crippen LogP contribution in [0.5, 0.6) is 0 Å². The van der Waals surface area contributed by atoms with E-state index >= 15 is 0 Å². The molecule has 2 fully saturated rings. The van der Waals surface area contributed by atoms with Crippen LogP contribution in [0.3, 0.4) is 0 Å². The monoisotopic (exact) mass is 252 g/mol. The molecule has 104 valence electrons. The highest BCUT2D eigenvalue weighted by Gasteiger charge is 2.29. The van der Waals surface area contributed by atoms with Crippen molar-refractivity contribution in [1.29, 1.82) is 0 Å². The van der Waals surface area contributed by atoms with Gasteiger partial charge in [-0.15, -0.1) is 0 Å². The molecule has 1 saturated carbocycles. The fourth-order valence-corrected chi connectivity index (χ4v) is 3.29. The highest BCUT2D eigenvalue weighted by molar-refractivity contribution is 5.82. The van der Waals surface area contributed by atoms with Crippen LogP contribution in [-0.4, -0.2) is 36.5 Å². The Labute approximate surface area is 111 Å². The van der Waals surface area contributed by atoms with Crippen molar-refractivity contribution >= 4 is 5.91 Å². The number of amides is 1. The zero-order valence-corrected chi connectivity index (χ0v) is 12.0. The molecule has 2 rings (SSSR count). The third kappa shape index (κ3) is 3.47. The average Bonchev–Trinajstić information content (AvgIpc) is 2.67. The van der Waals surface area contributed by atoms with E-state index in [0.717, 1.165) is 18.9 Å². The molecular formula is C15H28N2O. The summed E-state index contributed by atoms with van der Waals surface area (Å²) in [4.78, 5) is 14.5. The molecule has 3 nitrogen and oxygen atoms in total. The van der Waals surface area contributed by atoms with Crippen LogP contribution in [-0.2, 0) is 4.79 Å². The first-order chi connectivity index (χ1) is 8.68. The van der Waals surface area contributed by atoms with Crippen molar-refractivity contribution in [2.75, 3.05) is 13.6 Å². The maximum Gasteiger partial charge on any atom is 0.239 e.